The van der Waals surface area contributed by atoms with Crippen LogP contribution in [0.3, 0.4) is 0 Å². The predicted molar refractivity (Wildman–Crippen MR) is 117 cm³/mol. The molecule has 7 heteroatoms. The maximum atomic E-state index is 12.1. The molecule has 3 aromatic rings. The minimum atomic E-state index is -0.183. The van der Waals surface area contributed by atoms with Crippen LogP contribution in [0.25, 0.3) is 17.1 Å². The number of rotatable bonds is 5. The SMILES string of the molecule is CCc1cc2ncc(CN3CC/C(=C\c4ccc(C(=O)NC)nc4)C3)cc2[nH]c1=O. The van der Waals surface area contributed by atoms with E-state index in [0.29, 0.717) is 12.1 Å². The number of pyridine rings is 3. The zero-order valence-electron chi connectivity index (χ0n) is 17.2. The molecule has 0 saturated carbocycles. The molecule has 1 saturated heterocycles. The lowest BCUT2D eigenvalue weighted by Gasteiger charge is -2.14. The van der Waals surface area contributed by atoms with Gasteiger partial charge in [0.1, 0.15) is 5.69 Å². The third kappa shape index (κ3) is 4.31. The van der Waals surface area contributed by atoms with Gasteiger partial charge in [-0.15, -0.1) is 0 Å². The van der Waals surface area contributed by atoms with Crippen LogP contribution in [0.4, 0.5) is 0 Å². The minimum absolute atomic E-state index is 0.0358. The summed E-state index contributed by atoms with van der Waals surface area (Å²) < 4.78 is 0. The zero-order valence-corrected chi connectivity index (χ0v) is 17.2. The fraction of sp³-hybridized carbons (Fsp3) is 0.304. The van der Waals surface area contributed by atoms with E-state index in [1.807, 2.05) is 31.3 Å². The normalized spacial score (nSPS) is 15.7. The van der Waals surface area contributed by atoms with Gasteiger partial charge < -0.3 is 10.3 Å². The van der Waals surface area contributed by atoms with Crippen molar-refractivity contribution < 1.29 is 4.79 Å². The lowest BCUT2D eigenvalue weighted by Crippen LogP contribution is -2.19. The number of nitrogens with zero attached hydrogens (tertiary/aromatic N) is 3. The Morgan fingerprint density at radius 3 is 2.87 bits per heavy atom. The molecule has 1 aliphatic heterocycles. The molecule has 0 radical (unpaired) electrons. The largest absolute Gasteiger partial charge is 0.354 e. The van der Waals surface area contributed by atoms with Crippen LogP contribution >= 0.6 is 0 Å². The number of carbonyl (C=O) groups is 1. The maximum Gasteiger partial charge on any atom is 0.269 e. The first-order chi connectivity index (χ1) is 14.6. The molecule has 3 aromatic heterocycles. The van der Waals surface area contributed by atoms with E-state index in [0.717, 1.165) is 53.8 Å². The molecule has 4 rings (SSSR count). The number of hydrogen-bond acceptors (Lipinski definition) is 5. The Kier molecular flexibility index (Phi) is 5.72. The van der Waals surface area contributed by atoms with Crippen molar-refractivity contribution >= 4 is 23.0 Å². The van der Waals surface area contributed by atoms with E-state index >= 15 is 0 Å². The Labute approximate surface area is 174 Å². The lowest BCUT2D eigenvalue weighted by atomic mass is 10.1. The summed E-state index contributed by atoms with van der Waals surface area (Å²) in [5.41, 5.74) is 6.16. The van der Waals surface area contributed by atoms with Gasteiger partial charge in [-0.05, 0) is 42.2 Å². The number of aromatic nitrogens is 3. The molecule has 1 fully saturated rings. The van der Waals surface area contributed by atoms with Crippen molar-refractivity contribution in [2.24, 2.45) is 0 Å². The van der Waals surface area contributed by atoms with Crippen LogP contribution < -0.4 is 10.9 Å². The number of likely N-dealkylation sites (tertiary alicyclic amines) is 1. The fourth-order valence-electron chi connectivity index (χ4n) is 3.76. The Morgan fingerprint density at radius 1 is 1.27 bits per heavy atom. The van der Waals surface area contributed by atoms with Crippen molar-refractivity contribution in [1.29, 1.82) is 0 Å². The highest BCUT2D eigenvalue weighted by molar-refractivity contribution is 5.92. The minimum Gasteiger partial charge on any atom is -0.354 e. The molecule has 4 heterocycles. The van der Waals surface area contributed by atoms with Gasteiger partial charge in [0.05, 0.1) is 11.0 Å². The molecule has 0 bridgehead atoms. The first-order valence-corrected chi connectivity index (χ1v) is 10.2. The standard InChI is InChI=1S/C23H25N5O2/c1-3-18-10-20-21(27-22(18)29)9-17(12-26-20)14-28-7-6-16(13-28)8-15-4-5-19(25-11-15)23(30)24-2/h4-5,8-12H,3,6-7,13-14H2,1-2H3,(H,24,30)(H,27,29)/b16-8+. The second-order valence-corrected chi connectivity index (χ2v) is 7.57. The molecule has 2 N–H and O–H groups in total. The molecule has 0 atom stereocenters. The van der Waals surface area contributed by atoms with Crippen molar-refractivity contribution in [3.05, 3.63) is 75.0 Å². The van der Waals surface area contributed by atoms with E-state index in [4.69, 9.17) is 0 Å². The highest BCUT2D eigenvalue weighted by atomic mass is 16.1. The molecule has 1 amide bonds. The average Bonchev–Trinajstić information content (AvgIpc) is 3.19. The molecule has 7 nitrogen and oxygen atoms in total. The number of aromatic amines is 1. The van der Waals surface area contributed by atoms with E-state index in [1.165, 1.54) is 5.57 Å². The number of aryl methyl sites for hydroxylation is 1. The number of amides is 1. The molecular formula is C23H25N5O2. The van der Waals surface area contributed by atoms with Gasteiger partial charge in [-0.1, -0.05) is 24.6 Å². The first-order valence-electron chi connectivity index (χ1n) is 10.2. The van der Waals surface area contributed by atoms with Crippen molar-refractivity contribution in [2.45, 2.75) is 26.3 Å². The van der Waals surface area contributed by atoms with Crippen LogP contribution in [-0.2, 0) is 13.0 Å². The Morgan fingerprint density at radius 2 is 2.13 bits per heavy atom. The van der Waals surface area contributed by atoms with E-state index in [1.54, 1.807) is 19.3 Å². The van der Waals surface area contributed by atoms with Crippen LogP contribution in [-0.4, -0.2) is 45.9 Å². The van der Waals surface area contributed by atoms with Crippen LogP contribution in [0.5, 0.6) is 0 Å². The summed E-state index contributed by atoms with van der Waals surface area (Å²) >= 11 is 0. The predicted octanol–water partition coefficient (Wildman–Crippen LogP) is 2.53. The summed E-state index contributed by atoms with van der Waals surface area (Å²) in [6.45, 7) is 4.60. The number of fused-ring (bicyclic) bond motifs is 1. The average molecular weight is 403 g/mol. The summed E-state index contributed by atoms with van der Waals surface area (Å²) in [6, 6.07) is 7.55. The third-order valence-corrected chi connectivity index (χ3v) is 5.41. The van der Waals surface area contributed by atoms with Gasteiger partial charge in [0.25, 0.3) is 11.5 Å². The summed E-state index contributed by atoms with van der Waals surface area (Å²) in [6.07, 6.45) is 7.46. The third-order valence-electron chi connectivity index (χ3n) is 5.41. The van der Waals surface area contributed by atoms with Gasteiger partial charge in [0.2, 0.25) is 0 Å². The van der Waals surface area contributed by atoms with Gasteiger partial charge >= 0.3 is 0 Å². The molecule has 0 spiro atoms. The van der Waals surface area contributed by atoms with Crippen molar-refractivity contribution in [2.75, 3.05) is 20.1 Å². The summed E-state index contributed by atoms with van der Waals surface area (Å²) in [7, 11) is 1.60. The lowest BCUT2D eigenvalue weighted by molar-refractivity contribution is 0.0958. The van der Waals surface area contributed by atoms with E-state index < -0.39 is 0 Å². The molecule has 0 aromatic carbocycles. The van der Waals surface area contributed by atoms with Crippen LogP contribution in [0.1, 0.15) is 40.5 Å². The number of carbonyl (C=O) groups excluding carboxylic acids is 1. The second kappa shape index (κ2) is 8.59. The molecule has 0 aliphatic carbocycles. The first kappa shape index (κ1) is 20.0. The maximum absolute atomic E-state index is 12.1. The van der Waals surface area contributed by atoms with E-state index in [9.17, 15) is 9.59 Å². The summed E-state index contributed by atoms with van der Waals surface area (Å²) in [5, 5.41) is 2.57. The molecule has 0 unspecified atom stereocenters. The topological polar surface area (TPSA) is 91.0 Å². The summed E-state index contributed by atoms with van der Waals surface area (Å²) in [4.78, 5) is 37.7. The smallest absolute Gasteiger partial charge is 0.269 e. The molecule has 30 heavy (non-hydrogen) atoms. The van der Waals surface area contributed by atoms with Gasteiger partial charge in [0, 0.05) is 44.6 Å². The Balaban J connectivity index is 1.44. The van der Waals surface area contributed by atoms with Gasteiger partial charge in [-0.25, -0.2) is 0 Å². The molecule has 1 aliphatic rings. The van der Waals surface area contributed by atoms with Gasteiger partial charge in [-0.2, -0.15) is 0 Å². The molecular weight excluding hydrogens is 378 g/mol. The van der Waals surface area contributed by atoms with E-state index in [2.05, 4.69) is 31.2 Å². The number of H-pyrrole nitrogens is 1. The Hall–Kier alpha value is -3.32. The number of nitrogens with one attached hydrogen (secondary N) is 2. The Bertz CT molecular complexity index is 1160. The highest BCUT2D eigenvalue weighted by Crippen LogP contribution is 2.21. The molecule has 154 valence electrons. The van der Waals surface area contributed by atoms with Crippen LogP contribution in [0, 0.1) is 0 Å². The van der Waals surface area contributed by atoms with Crippen LogP contribution in [0.2, 0.25) is 0 Å². The van der Waals surface area contributed by atoms with Crippen molar-refractivity contribution in [3.63, 3.8) is 0 Å². The van der Waals surface area contributed by atoms with Gasteiger partial charge in [-0.3, -0.25) is 24.5 Å². The van der Waals surface area contributed by atoms with Crippen molar-refractivity contribution in [3.8, 4) is 0 Å². The fourth-order valence-corrected chi connectivity index (χ4v) is 3.76. The quantitative estimate of drug-likeness (QED) is 0.683. The van der Waals surface area contributed by atoms with E-state index in [-0.39, 0.29) is 11.5 Å². The highest BCUT2D eigenvalue weighted by Gasteiger charge is 2.17. The van der Waals surface area contributed by atoms with Crippen LogP contribution in [0.15, 0.2) is 47.0 Å². The van der Waals surface area contributed by atoms with Gasteiger partial charge in [0.15, 0.2) is 0 Å². The summed E-state index contributed by atoms with van der Waals surface area (Å²) in [5.74, 6) is -0.183. The van der Waals surface area contributed by atoms with Crippen molar-refractivity contribution in [1.82, 2.24) is 25.2 Å². The monoisotopic (exact) mass is 403 g/mol. The zero-order chi connectivity index (χ0) is 21.1. The number of hydrogen-bond donors (Lipinski definition) is 2. The second-order valence-electron chi connectivity index (χ2n) is 7.57.